The highest BCUT2D eigenvalue weighted by atomic mass is 16.6. The van der Waals surface area contributed by atoms with Crippen LogP contribution in [0.2, 0.25) is 0 Å². The van der Waals surface area contributed by atoms with E-state index in [9.17, 15) is 9.59 Å². The van der Waals surface area contributed by atoms with Gasteiger partial charge in [0, 0.05) is 11.8 Å². The van der Waals surface area contributed by atoms with E-state index in [1.807, 2.05) is 63.2 Å². The monoisotopic (exact) mass is 392 g/mol. The van der Waals surface area contributed by atoms with Crippen LogP contribution in [0, 0.1) is 0 Å². The molecule has 29 heavy (non-hydrogen) atoms. The van der Waals surface area contributed by atoms with Crippen molar-refractivity contribution in [2.24, 2.45) is 0 Å². The van der Waals surface area contributed by atoms with E-state index in [1.54, 1.807) is 18.5 Å². The predicted molar refractivity (Wildman–Crippen MR) is 110 cm³/mol. The molecular formula is C23H24N2O4. The molecule has 0 spiro atoms. The molecule has 3 aromatic rings. The number of aromatic nitrogens is 2. The van der Waals surface area contributed by atoms with Crippen LogP contribution in [0.1, 0.15) is 36.7 Å². The standard InChI is InChI=1S/C23H24N2O4/c1-23(2,3)29-22(27)14-25-13-18(12-24-25)19-10-7-11-21(20(19)15-26)28-16-17-8-5-4-6-9-17/h4-13,15H,14,16H2,1-3H3. The first-order valence-corrected chi connectivity index (χ1v) is 9.35. The predicted octanol–water partition coefficient (Wildman–Crippen LogP) is 4.28. The van der Waals surface area contributed by atoms with Crippen molar-refractivity contribution in [2.75, 3.05) is 0 Å². The van der Waals surface area contributed by atoms with Crippen LogP contribution < -0.4 is 4.74 Å². The second kappa shape index (κ2) is 8.73. The van der Waals surface area contributed by atoms with Gasteiger partial charge in [-0.15, -0.1) is 0 Å². The lowest BCUT2D eigenvalue weighted by Gasteiger charge is -2.19. The second-order valence-electron chi connectivity index (χ2n) is 7.62. The van der Waals surface area contributed by atoms with E-state index in [0.29, 0.717) is 23.5 Å². The maximum Gasteiger partial charge on any atom is 0.328 e. The zero-order valence-corrected chi connectivity index (χ0v) is 16.8. The summed E-state index contributed by atoms with van der Waals surface area (Å²) in [5, 5.41) is 4.22. The van der Waals surface area contributed by atoms with Gasteiger partial charge in [0.15, 0.2) is 6.29 Å². The molecule has 0 amide bonds. The minimum atomic E-state index is -0.553. The Balaban J connectivity index is 1.78. The highest BCUT2D eigenvalue weighted by Gasteiger charge is 2.18. The molecule has 0 saturated carbocycles. The van der Waals surface area contributed by atoms with Gasteiger partial charge in [0.2, 0.25) is 0 Å². The fraction of sp³-hybridized carbons (Fsp3) is 0.261. The normalized spacial score (nSPS) is 11.1. The van der Waals surface area contributed by atoms with E-state index in [-0.39, 0.29) is 12.5 Å². The molecule has 0 unspecified atom stereocenters. The van der Waals surface area contributed by atoms with Crippen molar-refractivity contribution in [1.29, 1.82) is 0 Å². The number of carbonyl (C=O) groups excluding carboxylic acids is 2. The van der Waals surface area contributed by atoms with Gasteiger partial charge >= 0.3 is 5.97 Å². The number of ether oxygens (including phenoxy) is 2. The maximum atomic E-state index is 12.0. The highest BCUT2D eigenvalue weighted by molar-refractivity contribution is 5.90. The fourth-order valence-corrected chi connectivity index (χ4v) is 2.87. The average Bonchev–Trinajstić information content (AvgIpc) is 3.13. The molecule has 0 N–H and O–H groups in total. The summed E-state index contributed by atoms with van der Waals surface area (Å²) in [5.41, 5.74) is 2.32. The van der Waals surface area contributed by atoms with Crippen molar-refractivity contribution in [3.05, 3.63) is 72.1 Å². The molecule has 150 valence electrons. The smallest absolute Gasteiger partial charge is 0.328 e. The molecular weight excluding hydrogens is 368 g/mol. The van der Waals surface area contributed by atoms with Crippen molar-refractivity contribution < 1.29 is 19.1 Å². The zero-order chi connectivity index (χ0) is 20.9. The first-order valence-electron chi connectivity index (χ1n) is 9.35. The second-order valence-corrected chi connectivity index (χ2v) is 7.62. The first-order chi connectivity index (χ1) is 13.9. The van der Waals surface area contributed by atoms with Crippen LogP contribution in [0.3, 0.4) is 0 Å². The van der Waals surface area contributed by atoms with Crippen LogP contribution >= 0.6 is 0 Å². The van der Waals surface area contributed by atoms with E-state index < -0.39 is 5.60 Å². The molecule has 6 nitrogen and oxygen atoms in total. The molecule has 0 fully saturated rings. The van der Waals surface area contributed by atoms with Gasteiger partial charge in [-0.25, -0.2) is 0 Å². The Morgan fingerprint density at radius 3 is 2.55 bits per heavy atom. The number of rotatable bonds is 7. The van der Waals surface area contributed by atoms with Crippen LogP contribution in [0.4, 0.5) is 0 Å². The summed E-state index contributed by atoms with van der Waals surface area (Å²) in [6, 6.07) is 15.2. The molecule has 2 aromatic carbocycles. The van der Waals surface area contributed by atoms with Gasteiger partial charge in [-0.05, 0) is 38.0 Å². The van der Waals surface area contributed by atoms with E-state index in [4.69, 9.17) is 9.47 Å². The SMILES string of the molecule is CC(C)(C)OC(=O)Cn1cc(-c2cccc(OCc3ccccc3)c2C=O)cn1. The van der Waals surface area contributed by atoms with Crippen molar-refractivity contribution in [1.82, 2.24) is 9.78 Å². The number of aldehydes is 1. The van der Waals surface area contributed by atoms with Crippen molar-refractivity contribution in [2.45, 2.75) is 39.5 Å². The topological polar surface area (TPSA) is 70.4 Å². The van der Waals surface area contributed by atoms with Crippen LogP contribution in [-0.4, -0.2) is 27.6 Å². The number of carbonyl (C=O) groups is 2. The lowest BCUT2D eigenvalue weighted by Crippen LogP contribution is -2.26. The number of hydrogen-bond acceptors (Lipinski definition) is 5. The van der Waals surface area contributed by atoms with Gasteiger partial charge < -0.3 is 9.47 Å². The van der Waals surface area contributed by atoms with E-state index in [0.717, 1.165) is 17.4 Å². The van der Waals surface area contributed by atoms with Gasteiger partial charge in [0.1, 0.15) is 24.5 Å². The largest absolute Gasteiger partial charge is 0.488 e. The summed E-state index contributed by atoms with van der Waals surface area (Å²) in [5.74, 6) is 0.129. The molecule has 0 saturated heterocycles. The Labute approximate surface area is 170 Å². The third-order valence-electron chi connectivity index (χ3n) is 4.08. The summed E-state index contributed by atoms with van der Waals surface area (Å²) in [6.45, 7) is 5.81. The van der Waals surface area contributed by atoms with Gasteiger partial charge in [-0.3, -0.25) is 14.3 Å². The van der Waals surface area contributed by atoms with Gasteiger partial charge in [0.05, 0.1) is 11.8 Å². The molecule has 6 heteroatoms. The first kappa shape index (κ1) is 20.3. The quantitative estimate of drug-likeness (QED) is 0.443. The molecule has 0 aliphatic carbocycles. The van der Waals surface area contributed by atoms with Crippen LogP contribution in [-0.2, 0) is 22.7 Å². The minimum Gasteiger partial charge on any atom is -0.488 e. The molecule has 0 bridgehead atoms. The molecule has 0 atom stereocenters. The molecule has 3 rings (SSSR count). The van der Waals surface area contributed by atoms with Gasteiger partial charge in [-0.2, -0.15) is 5.10 Å². The van der Waals surface area contributed by atoms with Crippen molar-refractivity contribution in [3.8, 4) is 16.9 Å². The summed E-state index contributed by atoms with van der Waals surface area (Å²) >= 11 is 0. The molecule has 0 radical (unpaired) electrons. The summed E-state index contributed by atoms with van der Waals surface area (Å²) in [4.78, 5) is 23.8. The Morgan fingerprint density at radius 1 is 1.10 bits per heavy atom. The van der Waals surface area contributed by atoms with Crippen LogP contribution in [0.5, 0.6) is 5.75 Å². The molecule has 1 aromatic heterocycles. The van der Waals surface area contributed by atoms with E-state index >= 15 is 0 Å². The van der Waals surface area contributed by atoms with Gasteiger partial charge in [-0.1, -0.05) is 42.5 Å². The molecule has 0 aliphatic heterocycles. The third-order valence-corrected chi connectivity index (χ3v) is 4.08. The molecule has 1 heterocycles. The Bertz CT molecular complexity index is 988. The highest BCUT2D eigenvalue weighted by Crippen LogP contribution is 2.29. The zero-order valence-electron chi connectivity index (χ0n) is 16.8. The lowest BCUT2D eigenvalue weighted by molar-refractivity contribution is -0.155. The van der Waals surface area contributed by atoms with Crippen LogP contribution in [0.25, 0.3) is 11.1 Å². The number of nitrogens with zero attached hydrogens (tertiary/aromatic N) is 2. The average molecular weight is 392 g/mol. The van der Waals surface area contributed by atoms with E-state index in [2.05, 4.69) is 5.10 Å². The number of hydrogen-bond donors (Lipinski definition) is 0. The summed E-state index contributed by atoms with van der Waals surface area (Å²) < 4.78 is 12.7. The van der Waals surface area contributed by atoms with Gasteiger partial charge in [0.25, 0.3) is 0 Å². The van der Waals surface area contributed by atoms with E-state index in [1.165, 1.54) is 4.68 Å². The Kier molecular flexibility index (Phi) is 6.12. The van der Waals surface area contributed by atoms with Crippen LogP contribution in [0.15, 0.2) is 60.9 Å². The maximum absolute atomic E-state index is 12.0. The Morgan fingerprint density at radius 2 is 1.86 bits per heavy atom. The summed E-state index contributed by atoms with van der Waals surface area (Å²) in [7, 11) is 0. The number of benzene rings is 2. The lowest BCUT2D eigenvalue weighted by atomic mass is 10.0. The Hall–Kier alpha value is -3.41. The number of esters is 1. The van der Waals surface area contributed by atoms with Crippen molar-refractivity contribution >= 4 is 12.3 Å². The molecule has 0 aliphatic rings. The fourth-order valence-electron chi connectivity index (χ4n) is 2.87. The van der Waals surface area contributed by atoms with Crippen molar-refractivity contribution in [3.63, 3.8) is 0 Å². The third kappa shape index (κ3) is 5.54. The minimum absolute atomic E-state index is 0.00209. The summed E-state index contributed by atoms with van der Waals surface area (Å²) in [6.07, 6.45) is 4.11.